The molecule has 0 fully saturated rings. The van der Waals surface area contributed by atoms with Crippen LogP contribution in [-0.2, 0) is 29.1 Å². The Morgan fingerprint density at radius 1 is 0.373 bits per heavy atom. The van der Waals surface area contributed by atoms with Crippen molar-refractivity contribution in [3.05, 3.63) is 142 Å². The van der Waals surface area contributed by atoms with Gasteiger partial charge in [0, 0.05) is 56.8 Å². The first kappa shape index (κ1) is 76.2. The topological polar surface area (TPSA) is 114 Å². The van der Waals surface area contributed by atoms with E-state index in [2.05, 4.69) is 18.5 Å². The first-order valence-corrected chi connectivity index (χ1v) is 23.9. The van der Waals surface area contributed by atoms with Crippen LogP contribution >= 0.6 is 18.5 Å². The molecule has 0 heterocycles. The van der Waals surface area contributed by atoms with Crippen molar-refractivity contribution in [2.45, 2.75) is 55.4 Å². The Hall–Kier alpha value is -5.28. The van der Waals surface area contributed by atoms with E-state index in [0.29, 0.717) is 0 Å². The van der Waals surface area contributed by atoms with Gasteiger partial charge in [-0.3, -0.25) is 9.59 Å². The normalized spacial score (nSPS) is 8.99. The van der Waals surface area contributed by atoms with Crippen LogP contribution in [-0.4, -0.2) is 108 Å². The van der Waals surface area contributed by atoms with E-state index < -0.39 is 0 Å². The van der Waals surface area contributed by atoms with Crippen molar-refractivity contribution in [1.82, 2.24) is 9.80 Å². The second kappa shape index (κ2) is 41.9. The Morgan fingerprint density at radius 3 is 0.840 bits per heavy atom. The SMILES string of the molecule is CN(C)C=O.CN(C)C=O.COc1c(C)cccc1C.COc1c(C)cccc1C.COc1c(C)cccc1C.COc1c(C)cccc1C.COc1cc(P)c(-c2cc(P)c(OC)cc2OC)c(OC)c1.[Cl-].[Cl-].[Ru+3]. The summed E-state index contributed by atoms with van der Waals surface area (Å²) in [6.45, 7) is 16.4. The van der Waals surface area contributed by atoms with Crippen LogP contribution in [0.5, 0.6) is 46.0 Å². The molecule has 0 saturated heterocycles. The maximum absolute atomic E-state index is 9.43. The number of amides is 2. The van der Waals surface area contributed by atoms with Crippen LogP contribution in [0.25, 0.3) is 11.1 Å². The molecule has 6 aromatic carbocycles. The molecule has 12 nitrogen and oxygen atoms in total. The van der Waals surface area contributed by atoms with E-state index in [1.807, 2.05) is 152 Å². The minimum absolute atomic E-state index is 0. The number of aryl methyl sites for hydroxylation is 8. The van der Waals surface area contributed by atoms with Gasteiger partial charge in [0.15, 0.2) is 0 Å². The molecule has 0 aromatic heterocycles. The van der Waals surface area contributed by atoms with Crippen LogP contribution in [0, 0.1) is 55.4 Å². The Morgan fingerprint density at radius 2 is 0.640 bits per heavy atom. The molecule has 75 heavy (non-hydrogen) atoms. The van der Waals surface area contributed by atoms with Gasteiger partial charge in [-0.15, -0.1) is 18.5 Å². The van der Waals surface area contributed by atoms with Crippen LogP contribution in [0.4, 0.5) is 0 Å². The number of hydrogen-bond acceptors (Lipinski definition) is 10. The molecule has 0 aliphatic heterocycles. The van der Waals surface area contributed by atoms with Crippen LogP contribution in [0.1, 0.15) is 44.5 Å². The molecule has 415 valence electrons. The summed E-state index contributed by atoms with van der Waals surface area (Å²) in [4.78, 5) is 21.8. The zero-order chi connectivity index (χ0) is 55.1. The number of carbonyl (C=O) groups excluding carboxylic acids is 2. The molecule has 1 radical (unpaired) electrons. The summed E-state index contributed by atoms with van der Waals surface area (Å²) in [6, 6.07) is 32.2. The first-order valence-electron chi connectivity index (χ1n) is 22.8. The van der Waals surface area contributed by atoms with Crippen molar-refractivity contribution in [1.29, 1.82) is 0 Å². The van der Waals surface area contributed by atoms with Gasteiger partial charge in [-0.2, -0.15) is 0 Å². The molecule has 2 unspecified atom stereocenters. The summed E-state index contributed by atoms with van der Waals surface area (Å²) < 4.78 is 42.4. The van der Waals surface area contributed by atoms with E-state index in [-0.39, 0.29) is 44.3 Å². The summed E-state index contributed by atoms with van der Waals surface area (Å²) in [7, 11) is 25.5. The second-order valence-corrected chi connectivity index (χ2v) is 17.7. The average molecular weight is 1200 g/mol. The van der Waals surface area contributed by atoms with Gasteiger partial charge in [0.2, 0.25) is 12.8 Å². The van der Waals surface area contributed by atoms with Gasteiger partial charge in [0.25, 0.3) is 0 Å². The fraction of sp³-hybridized carbons (Fsp3) is 0.345. The zero-order valence-corrected chi connectivity index (χ0v) is 53.2. The monoisotopic (exact) mass is 1200 g/mol. The number of methoxy groups -OCH3 is 8. The van der Waals surface area contributed by atoms with Crippen LogP contribution < -0.4 is 73.3 Å². The van der Waals surface area contributed by atoms with Crippen molar-refractivity contribution in [2.24, 2.45) is 0 Å². The van der Waals surface area contributed by atoms with Crippen molar-refractivity contribution in [3.63, 3.8) is 0 Å². The molecule has 0 aliphatic carbocycles. The average Bonchev–Trinajstić information content (AvgIpc) is 3.35. The molecule has 0 bridgehead atoms. The summed E-state index contributed by atoms with van der Waals surface area (Å²) in [6.07, 6.45) is 1.50. The van der Waals surface area contributed by atoms with Crippen molar-refractivity contribution in [3.8, 4) is 57.1 Å². The number of ether oxygens (including phenoxy) is 8. The molecule has 6 rings (SSSR count). The van der Waals surface area contributed by atoms with Crippen LogP contribution in [0.15, 0.2) is 97.1 Å². The quantitative estimate of drug-likeness (QED) is 0.0994. The predicted octanol–water partition coefficient (Wildman–Crippen LogP) is 5.05. The third kappa shape index (κ3) is 26.9. The fourth-order valence-corrected chi connectivity index (χ4v) is 7.61. The predicted molar refractivity (Wildman–Crippen MR) is 306 cm³/mol. The molecular formula is C58H82Cl2N2O10P2Ru+. The molecular weight excluding hydrogens is 1120 g/mol. The maximum Gasteiger partial charge on any atom is 3.00 e. The zero-order valence-electron chi connectivity index (χ0n) is 47.6. The van der Waals surface area contributed by atoms with E-state index in [0.717, 1.165) is 80.6 Å². The number of hydrogen-bond donors (Lipinski definition) is 0. The van der Waals surface area contributed by atoms with Gasteiger partial charge in [0.1, 0.15) is 46.0 Å². The standard InChI is InChI=1S/C16H20O4P2.4C9H12O.2C3H7NO.2ClH.Ru/c1-17-9-5-13(20-4)16(15(22)6-9)10-7-14(21)12(19-3)8-11(10)18-2;4*1-7-5-4-6-8(2)9(7)10-3;2*1-4(2)3-5;;;/h5-8H,21-22H2,1-4H3;4*4-6H,1-3H3;2*3H,1-2H3;2*1H;/q;;;;;;;;;+3/p-2. The van der Waals surface area contributed by atoms with Gasteiger partial charge in [-0.1, -0.05) is 72.8 Å². The van der Waals surface area contributed by atoms with E-state index in [1.165, 1.54) is 54.3 Å². The number of carbonyl (C=O) groups is 2. The number of nitrogens with zero attached hydrogens (tertiary/aromatic N) is 2. The molecule has 0 saturated carbocycles. The Bertz CT molecular complexity index is 2270. The second-order valence-electron chi connectivity index (χ2n) is 16.4. The first-order chi connectivity index (χ1) is 34.1. The largest absolute Gasteiger partial charge is 3.00 e. The van der Waals surface area contributed by atoms with E-state index >= 15 is 0 Å². The Kier molecular flexibility index (Phi) is 42.6. The molecule has 0 aliphatic rings. The Labute approximate surface area is 479 Å². The molecule has 0 spiro atoms. The summed E-state index contributed by atoms with van der Waals surface area (Å²) in [5, 5.41) is 1.91. The van der Waals surface area contributed by atoms with E-state index in [4.69, 9.17) is 37.9 Å². The van der Waals surface area contributed by atoms with E-state index in [9.17, 15) is 9.59 Å². The number of para-hydroxylation sites is 4. The van der Waals surface area contributed by atoms with Crippen molar-refractivity contribution in [2.75, 3.05) is 85.1 Å². The van der Waals surface area contributed by atoms with Gasteiger partial charge in [-0.25, -0.2) is 0 Å². The molecule has 17 heteroatoms. The Balaban J connectivity index is -0.000000413. The van der Waals surface area contributed by atoms with Crippen LogP contribution in [0.2, 0.25) is 0 Å². The van der Waals surface area contributed by atoms with Gasteiger partial charge in [-0.05, 0) is 117 Å². The van der Waals surface area contributed by atoms with Gasteiger partial charge < -0.3 is 72.5 Å². The van der Waals surface area contributed by atoms with Crippen molar-refractivity contribution < 1.29 is 91.8 Å². The van der Waals surface area contributed by atoms with E-state index in [1.54, 1.807) is 85.1 Å². The minimum Gasteiger partial charge on any atom is -1.00 e. The third-order valence-corrected chi connectivity index (χ3v) is 11.2. The van der Waals surface area contributed by atoms with Crippen LogP contribution in [0.3, 0.4) is 0 Å². The summed E-state index contributed by atoms with van der Waals surface area (Å²) >= 11 is 0. The third-order valence-electron chi connectivity index (χ3n) is 10.3. The molecule has 2 atom stereocenters. The minimum atomic E-state index is 0. The molecule has 2 amide bonds. The molecule has 0 N–H and O–H groups in total. The number of rotatable bonds is 11. The van der Waals surface area contributed by atoms with Gasteiger partial charge in [0.05, 0.1) is 56.9 Å². The fourth-order valence-electron chi connectivity index (χ4n) is 6.78. The van der Waals surface area contributed by atoms with Gasteiger partial charge >= 0.3 is 19.5 Å². The maximum atomic E-state index is 9.43. The summed E-state index contributed by atoms with van der Waals surface area (Å²) in [5.41, 5.74) is 11.4. The molecule has 6 aromatic rings. The van der Waals surface area contributed by atoms with Crippen molar-refractivity contribution >= 4 is 41.9 Å². The number of benzene rings is 6. The smallest absolute Gasteiger partial charge is 1.00 e. The number of halogens is 2. The summed E-state index contributed by atoms with van der Waals surface area (Å²) in [5.74, 6) is 6.94.